The van der Waals surface area contributed by atoms with Crippen LogP contribution in [0.3, 0.4) is 0 Å². The number of benzene rings is 1. The Balaban J connectivity index is 1.54. The summed E-state index contributed by atoms with van der Waals surface area (Å²) in [4.78, 5) is 16.4. The van der Waals surface area contributed by atoms with Gasteiger partial charge in [-0.25, -0.2) is 4.98 Å². The van der Waals surface area contributed by atoms with Gasteiger partial charge in [0.2, 0.25) is 0 Å². The molecule has 1 amide bonds. The highest BCUT2D eigenvalue weighted by atomic mass is 16.3. The van der Waals surface area contributed by atoms with Crippen molar-refractivity contribution >= 4 is 11.6 Å². The van der Waals surface area contributed by atoms with Crippen LogP contribution in [-0.2, 0) is 13.0 Å². The van der Waals surface area contributed by atoms with Gasteiger partial charge in [-0.05, 0) is 36.2 Å². The largest absolute Gasteiger partial charge is 0.459 e. The summed E-state index contributed by atoms with van der Waals surface area (Å²) in [7, 11) is 0. The fourth-order valence-corrected chi connectivity index (χ4v) is 2.81. The third kappa shape index (κ3) is 2.20. The number of furan rings is 1. The predicted octanol–water partition coefficient (Wildman–Crippen LogP) is 3.34. The van der Waals surface area contributed by atoms with Gasteiger partial charge in [0.15, 0.2) is 5.76 Å². The number of anilines is 1. The van der Waals surface area contributed by atoms with Crippen molar-refractivity contribution in [2.75, 3.05) is 5.32 Å². The molecule has 0 saturated heterocycles. The molecule has 22 heavy (non-hydrogen) atoms. The van der Waals surface area contributed by atoms with E-state index in [-0.39, 0.29) is 5.91 Å². The summed E-state index contributed by atoms with van der Waals surface area (Å²) in [6.07, 6.45) is 5.62. The number of hydrogen-bond donors (Lipinski definition) is 1. The summed E-state index contributed by atoms with van der Waals surface area (Å²) in [6.45, 7) is 1.03. The molecule has 5 heteroatoms. The van der Waals surface area contributed by atoms with Crippen molar-refractivity contribution < 1.29 is 9.21 Å². The normalized spacial score (nSPS) is 13.1. The van der Waals surface area contributed by atoms with Gasteiger partial charge in [-0.3, -0.25) is 4.79 Å². The van der Waals surface area contributed by atoms with E-state index < -0.39 is 0 Å². The van der Waals surface area contributed by atoms with E-state index in [0.717, 1.165) is 42.2 Å². The third-order valence-corrected chi connectivity index (χ3v) is 3.90. The lowest BCUT2D eigenvalue weighted by molar-refractivity contribution is 0.0996. The molecule has 1 aromatic carbocycles. The van der Waals surface area contributed by atoms with Gasteiger partial charge in [0.25, 0.3) is 5.91 Å². The number of fused-ring (bicyclic) bond motifs is 1. The van der Waals surface area contributed by atoms with Crippen LogP contribution in [0.15, 0.2) is 53.3 Å². The Morgan fingerprint density at radius 1 is 1.23 bits per heavy atom. The molecule has 0 atom stereocenters. The van der Waals surface area contributed by atoms with Gasteiger partial charge in [0, 0.05) is 18.7 Å². The van der Waals surface area contributed by atoms with Crippen molar-refractivity contribution in [3.63, 3.8) is 0 Å². The molecule has 0 radical (unpaired) electrons. The van der Waals surface area contributed by atoms with Crippen LogP contribution in [0.1, 0.15) is 22.8 Å². The van der Waals surface area contributed by atoms with Crippen LogP contribution in [0.25, 0.3) is 11.3 Å². The van der Waals surface area contributed by atoms with Gasteiger partial charge < -0.3 is 14.3 Å². The fourth-order valence-electron chi connectivity index (χ4n) is 2.81. The highest BCUT2D eigenvalue weighted by Gasteiger charge is 2.16. The maximum atomic E-state index is 11.9. The molecule has 1 aliphatic rings. The van der Waals surface area contributed by atoms with E-state index >= 15 is 0 Å². The summed E-state index contributed by atoms with van der Waals surface area (Å²) in [6, 6.07) is 11.1. The first kappa shape index (κ1) is 12.9. The van der Waals surface area contributed by atoms with Crippen LogP contribution in [-0.4, -0.2) is 15.5 Å². The Kier molecular flexibility index (Phi) is 3.04. The van der Waals surface area contributed by atoms with E-state index in [2.05, 4.69) is 14.9 Å². The minimum Gasteiger partial charge on any atom is -0.459 e. The molecular weight excluding hydrogens is 278 g/mol. The molecule has 5 nitrogen and oxygen atoms in total. The maximum Gasteiger partial charge on any atom is 0.291 e. The monoisotopic (exact) mass is 293 g/mol. The second-order valence-electron chi connectivity index (χ2n) is 5.32. The van der Waals surface area contributed by atoms with Crippen LogP contribution in [0.2, 0.25) is 0 Å². The summed E-state index contributed by atoms with van der Waals surface area (Å²) in [5.41, 5.74) is 2.99. The highest BCUT2D eigenvalue weighted by molar-refractivity contribution is 6.02. The summed E-state index contributed by atoms with van der Waals surface area (Å²) >= 11 is 0. The molecule has 0 aliphatic carbocycles. The van der Waals surface area contributed by atoms with Crippen molar-refractivity contribution in [1.82, 2.24) is 9.55 Å². The SMILES string of the molecule is O=C(Nc1ccc(-c2cnc3n2CCC3)cc1)c1ccco1. The topological polar surface area (TPSA) is 60.1 Å². The molecule has 110 valence electrons. The highest BCUT2D eigenvalue weighted by Crippen LogP contribution is 2.26. The first-order valence-corrected chi connectivity index (χ1v) is 7.31. The zero-order chi connectivity index (χ0) is 14.9. The van der Waals surface area contributed by atoms with Gasteiger partial charge in [-0.1, -0.05) is 12.1 Å². The number of nitrogens with zero attached hydrogens (tertiary/aromatic N) is 2. The molecule has 3 heterocycles. The van der Waals surface area contributed by atoms with Gasteiger partial charge in [0.05, 0.1) is 18.2 Å². The van der Waals surface area contributed by atoms with E-state index in [1.807, 2.05) is 30.5 Å². The zero-order valence-electron chi connectivity index (χ0n) is 12.0. The number of carbonyl (C=O) groups is 1. The lowest BCUT2D eigenvalue weighted by Gasteiger charge is -2.07. The van der Waals surface area contributed by atoms with E-state index in [9.17, 15) is 4.79 Å². The number of carbonyl (C=O) groups excluding carboxylic acids is 1. The van der Waals surface area contributed by atoms with E-state index in [0.29, 0.717) is 5.76 Å². The Bertz CT molecular complexity index is 801. The summed E-state index contributed by atoms with van der Waals surface area (Å²) in [5.74, 6) is 1.21. The van der Waals surface area contributed by atoms with Crippen LogP contribution in [0.4, 0.5) is 5.69 Å². The molecule has 3 aromatic rings. The maximum absolute atomic E-state index is 11.9. The van der Waals surface area contributed by atoms with Gasteiger partial charge >= 0.3 is 0 Å². The van der Waals surface area contributed by atoms with E-state index in [1.165, 1.54) is 6.26 Å². The summed E-state index contributed by atoms with van der Waals surface area (Å²) in [5, 5.41) is 2.81. The Hall–Kier alpha value is -2.82. The van der Waals surface area contributed by atoms with E-state index in [1.54, 1.807) is 12.1 Å². The van der Waals surface area contributed by atoms with Crippen LogP contribution in [0.5, 0.6) is 0 Å². The number of rotatable bonds is 3. The number of amides is 1. The van der Waals surface area contributed by atoms with Crippen LogP contribution < -0.4 is 5.32 Å². The number of aromatic nitrogens is 2. The molecular formula is C17H15N3O2. The van der Waals surface area contributed by atoms with Gasteiger partial charge in [0.1, 0.15) is 5.82 Å². The lowest BCUT2D eigenvalue weighted by Crippen LogP contribution is -2.10. The van der Waals surface area contributed by atoms with E-state index in [4.69, 9.17) is 4.42 Å². The molecule has 2 aromatic heterocycles. The Morgan fingerprint density at radius 3 is 2.86 bits per heavy atom. The first-order valence-electron chi connectivity index (χ1n) is 7.31. The number of aryl methyl sites for hydroxylation is 1. The number of hydrogen-bond acceptors (Lipinski definition) is 3. The van der Waals surface area contributed by atoms with Crippen molar-refractivity contribution in [3.8, 4) is 11.3 Å². The second kappa shape index (κ2) is 5.18. The average Bonchev–Trinajstić information content (AvgIpc) is 3.26. The molecule has 0 spiro atoms. The molecule has 1 aliphatic heterocycles. The quantitative estimate of drug-likeness (QED) is 0.805. The molecule has 0 saturated carbocycles. The minimum atomic E-state index is -0.247. The van der Waals surface area contributed by atoms with Crippen molar-refractivity contribution in [2.24, 2.45) is 0 Å². The molecule has 4 rings (SSSR count). The Morgan fingerprint density at radius 2 is 2.09 bits per heavy atom. The molecule has 1 N–H and O–H groups in total. The molecule has 0 unspecified atom stereocenters. The predicted molar refractivity (Wildman–Crippen MR) is 82.6 cm³/mol. The minimum absolute atomic E-state index is 0.247. The van der Waals surface area contributed by atoms with Crippen LogP contribution >= 0.6 is 0 Å². The van der Waals surface area contributed by atoms with Crippen molar-refractivity contribution in [2.45, 2.75) is 19.4 Å². The lowest BCUT2D eigenvalue weighted by atomic mass is 10.1. The molecule has 0 bridgehead atoms. The van der Waals surface area contributed by atoms with Crippen molar-refractivity contribution in [1.29, 1.82) is 0 Å². The molecule has 0 fully saturated rings. The fraction of sp³-hybridized carbons (Fsp3) is 0.176. The summed E-state index contributed by atoms with van der Waals surface area (Å²) < 4.78 is 7.34. The number of imidazole rings is 1. The smallest absolute Gasteiger partial charge is 0.291 e. The van der Waals surface area contributed by atoms with Crippen LogP contribution in [0, 0.1) is 0 Å². The average molecular weight is 293 g/mol. The Labute approximate surface area is 127 Å². The standard InChI is InChI=1S/C17H15N3O2/c21-17(15-3-2-10-22-15)19-13-7-5-12(6-8-13)14-11-18-16-4-1-9-20(14)16/h2-3,5-8,10-11H,1,4,9H2,(H,19,21). The third-order valence-electron chi connectivity index (χ3n) is 3.90. The zero-order valence-corrected chi connectivity index (χ0v) is 12.0. The second-order valence-corrected chi connectivity index (χ2v) is 5.32. The first-order chi connectivity index (χ1) is 10.8. The van der Waals surface area contributed by atoms with Gasteiger partial charge in [-0.15, -0.1) is 0 Å². The van der Waals surface area contributed by atoms with Crippen molar-refractivity contribution in [3.05, 3.63) is 60.4 Å². The number of nitrogens with one attached hydrogen (secondary N) is 1. The van der Waals surface area contributed by atoms with Gasteiger partial charge in [-0.2, -0.15) is 0 Å².